The maximum Gasteiger partial charge on any atom is 0.261 e. The van der Waals surface area contributed by atoms with E-state index in [-0.39, 0.29) is 24.5 Å². The summed E-state index contributed by atoms with van der Waals surface area (Å²) in [6, 6.07) is 23.4. The summed E-state index contributed by atoms with van der Waals surface area (Å²) in [5.41, 5.74) is 5.42. The zero-order valence-corrected chi connectivity index (χ0v) is 22.9. The van der Waals surface area contributed by atoms with Crippen molar-refractivity contribution in [3.63, 3.8) is 0 Å². The minimum Gasteiger partial charge on any atom is -0.484 e. The molecule has 3 aromatic rings. The molecule has 3 aromatic carbocycles. The lowest BCUT2D eigenvalue weighted by atomic mass is 9.94. The number of amides is 2. The van der Waals surface area contributed by atoms with Gasteiger partial charge in [-0.1, -0.05) is 85.5 Å². The van der Waals surface area contributed by atoms with Crippen LogP contribution >= 0.6 is 0 Å². The second-order valence-corrected chi connectivity index (χ2v) is 10.6. The molecular formula is C33H40N2O3. The van der Waals surface area contributed by atoms with E-state index < -0.39 is 6.04 Å². The molecule has 1 fully saturated rings. The Bertz CT molecular complexity index is 1220. The van der Waals surface area contributed by atoms with Crippen LogP contribution in [0.25, 0.3) is 0 Å². The van der Waals surface area contributed by atoms with Crippen molar-refractivity contribution in [1.29, 1.82) is 0 Å². The van der Waals surface area contributed by atoms with E-state index in [1.807, 2.05) is 87.5 Å². The largest absolute Gasteiger partial charge is 0.484 e. The smallest absolute Gasteiger partial charge is 0.261 e. The van der Waals surface area contributed by atoms with E-state index in [1.165, 1.54) is 12.0 Å². The molecule has 1 atom stereocenters. The van der Waals surface area contributed by atoms with Gasteiger partial charge in [-0.15, -0.1) is 0 Å². The predicted octanol–water partition coefficient (Wildman–Crippen LogP) is 6.08. The summed E-state index contributed by atoms with van der Waals surface area (Å²) in [7, 11) is 0. The molecule has 5 heteroatoms. The summed E-state index contributed by atoms with van der Waals surface area (Å²) in [6.07, 6.45) is 5.90. The number of nitrogens with zero attached hydrogens (tertiary/aromatic N) is 1. The van der Waals surface area contributed by atoms with E-state index in [2.05, 4.69) is 11.4 Å². The van der Waals surface area contributed by atoms with Crippen LogP contribution in [0.3, 0.4) is 0 Å². The van der Waals surface area contributed by atoms with Crippen molar-refractivity contribution in [3.05, 3.63) is 101 Å². The summed E-state index contributed by atoms with van der Waals surface area (Å²) in [6.45, 7) is 6.32. The first-order valence-electron chi connectivity index (χ1n) is 13.8. The molecule has 0 spiro atoms. The molecule has 38 heavy (non-hydrogen) atoms. The third kappa shape index (κ3) is 7.70. The van der Waals surface area contributed by atoms with Crippen LogP contribution in [0.15, 0.2) is 72.8 Å². The van der Waals surface area contributed by atoms with Crippen LogP contribution in [0.5, 0.6) is 5.75 Å². The van der Waals surface area contributed by atoms with Crippen LogP contribution < -0.4 is 10.1 Å². The van der Waals surface area contributed by atoms with Gasteiger partial charge in [-0.05, 0) is 68.0 Å². The second kappa shape index (κ2) is 13.3. The summed E-state index contributed by atoms with van der Waals surface area (Å²) < 4.78 is 5.95. The number of rotatable bonds is 10. The second-order valence-electron chi connectivity index (χ2n) is 10.6. The summed E-state index contributed by atoms with van der Waals surface area (Å²) >= 11 is 0. The molecule has 2 amide bonds. The quantitative estimate of drug-likeness (QED) is 0.358. The van der Waals surface area contributed by atoms with Crippen LogP contribution in [0.4, 0.5) is 0 Å². The molecule has 0 heterocycles. The van der Waals surface area contributed by atoms with Crippen molar-refractivity contribution in [3.8, 4) is 5.75 Å². The van der Waals surface area contributed by atoms with Crippen molar-refractivity contribution in [2.24, 2.45) is 0 Å². The fraction of sp³-hybridized carbons (Fsp3) is 0.394. The SMILES string of the molecule is Cc1cccc(CN(C(=O)COc2ccc(C)c(C)c2)[C@H](Cc2ccccc2)C(=O)NC2CCCCC2)c1. The van der Waals surface area contributed by atoms with Gasteiger partial charge in [-0.2, -0.15) is 0 Å². The Balaban J connectivity index is 1.61. The van der Waals surface area contributed by atoms with Gasteiger partial charge in [-0.3, -0.25) is 9.59 Å². The summed E-state index contributed by atoms with van der Waals surface area (Å²) in [5, 5.41) is 3.29. The van der Waals surface area contributed by atoms with Gasteiger partial charge in [0.1, 0.15) is 11.8 Å². The molecule has 0 saturated heterocycles. The molecule has 1 aliphatic rings. The minimum absolute atomic E-state index is 0.0899. The normalized spacial score (nSPS) is 14.5. The summed E-state index contributed by atoms with van der Waals surface area (Å²) in [4.78, 5) is 29.3. The van der Waals surface area contributed by atoms with Crippen LogP contribution in [0.1, 0.15) is 59.9 Å². The molecule has 200 valence electrons. The van der Waals surface area contributed by atoms with Crippen LogP contribution in [-0.2, 0) is 22.6 Å². The van der Waals surface area contributed by atoms with E-state index in [0.717, 1.165) is 47.9 Å². The first-order chi connectivity index (χ1) is 18.4. The molecule has 1 aliphatic carbocycles. The van der Waals surface area contributed by atoms with Gasteiger partial charge >= 0.3 is 0 Å². The number of aryl methyl sites for hydroxylation is 3. The van der Waals surface area contributed by atoms with E-state index in [9.17, 15) is 9.59 Å². The number of benzene rings is 3. The first kappa shape index (κ1) is 27.4. The van der Waals surface area contributed by atoms with Crippen molar-refractivity contribution in [1.82, 2.24) is 10.2 Å². The highest BCUT2D eigenvalue weighted by Crippen LogP contribution is 2.21. The van der Waals surface area contributed by atoms with E-state index in [4.69, 9.17) is 4.74 Å². The average Bonchev–Trinajstić information content (AvgIpc) is 2.92. The molecule has 0 aliphatic heterocycles. The van der Waals surface area contributed by atoms with Crippen LogP contribution in [0.2, 0.25) is 0 Å². The van der Waals surface area contributed by atoms with Gasteiger partial charge in [0.05, 0.1) is 0 Å². The number of carbonyl (C=O) groups excluding carboxylic acids is 2. The maximum atomic E-state index is 13.8. The molecule has 5 nitrogen and oxygen atoms in total. The molecule has 1 N–H and O–H groups in total. The fourth-order valence-electron chi connectivity index (χ4n) is 5.14. The number of hydrogen-bond donors (Lipinski definition) is 1. The Morgan fingerprint density at radius 2 is 1.61 bits per heavy atom. The predicted molar refractivity (Wildman–Crippen MR) is 152 cm³/mol. The van der Waals surface area contributed by atoms with Crippen LogP contribution in [0, 0.1) is 20.8 Å². The monoisotopic (exact) mass is 512 g/mol. The van der Waals surface area contributed by atoms with Gasteiger partial charge in [0.15, 0.2) is 6.61 Å². The Hall–Kier alpha value is -3.60. The molecule has 0 bridgehead atoms. The van der Waals surface area contributed by atoms with Crippen molar-refractivity contribution in [2.75, 3.05) is 6.61 Å². The topological polar surface area (TPSA) is 58.6 Å². The van der Waals surface area contributed by atoms with Crippen molar-refractivity contribution in [2.45, 2.75) is 77.9 Å². The zero-order chi connectivity index (χ0) is 26.9. The van der Waals surface area contributed by atoms with Gasteiger partial charge in [0.2, 0.25) is 5.91 Å². The molecule has 1 saturated carbocycles. The van der Waals surface area contributed by atoms with Gasteiger partial charge in [-0.25, -0.2) is 0 Å². The number of hydrogen-bond acceptors (Lipinski definition) is 3. The first-order valence-corrected chi connectivity index (χ1v) is 13.8. The third-order valence-corrected chi connectivity index (χ3v) is 7.50. The maximum absolute atomic E-state index is 13.8. The third-order valence-electron chi connectivity index (χ3n) is 7.50. The van der Waals surface area contributed by atoms with E-state index in [1.54, 1.807) is 4.90 Å². The Kier molecular flexibility index (Phi) is 9.58. The minimum atomic E-state index is -0.643. The van der Waals surface area contributed by atoms with E-state index in [0.29, 0.717) is 18.7 Å². The summed E-state index contributed by atoms with van der Waals surface area (Å²) in [5.74, 6) is 0.362. The lowest BCUT2D eigenvalue weighted by Crippen LogP contribution is -2.53. The lowest BCUT2D eigenvalue weighted by Gasteiger charge is -2.33. The highest BCUT2D eigenvalue weighted by atomic mass is 16.5. The number of ether oxygens (including phenoxy) is 1. The highest BCUT2D eigenvalue weighted by molar-refractivity contribution is 5.88. The molecule has 0 radical (unpaired) electrons. The van der Waals surface area contributed by atoms with E-state index >= 15 is 0 Å². The highest BCUT2D eigenvalue weighted by Gasteiger charge is 2.32. The van der Waals surface area contributed by atoms with Gasteiger partial charge < -0.3 is 15.0 Å². The molecule has 4 rings (SSSR count). The average molecular weight is 513 g/mol. The van der Waals surface area contributed by atoms with Gasteiger partial charge in [0.25, 0.3) is 5.91 Å². The Morgan fingerprint density at radius 1 is 0.868 bits per heavy atom. The lowest BCUT2D eigenvalue weighted by molar-refractivity contribution is -0.143. The Labute approximate surface area is 227 Å². The zero-order valence-electron chi connectivity index (χ0n) is 22.9. The Morgan fingerprint density at radius 3 is 2.32 bits per heavy atom. The molecular weight excluding hydrogens is 472 g/mol. The van der Waals surface area contributed by atoms with Gasteiger partial charge in [0, 0.05) is 19.0 Å². The molecule has 0 unspecified atom stereocenters. The van der Waals surface area contributed by atoms with Crippen molar-refractivity contribution < 1.29 is 14.3 Å². The molecule has 0 aromatic heterocycles. The van der Waals surface area contributed by atoms with Crippen molar-refractivity contribution >= 4 is 11.8 Å². The number of carbonyl (C=O) groups is 2. The fourth-order valence-corrected chi connectivity index (χ4v) is 5.14. The standard InChI is InChI=1S/C33H40N2O3/c1-24-11-10-14-28(19-24)22-35(32(36)23-38-30-18-17-25(2)26(3)20-30)31(21-27-12-6-4-7-13-27)33(37)34-29-15-8-5-9-16-29/h4,6-7,10-14,17-20,29,31H,5,8-9,15-16,21-23H2,1-3H3,(H,34,37)/t31-/m1/s1. The van der Waals surface area contributed by atoms with Crippen LogP contribution in [-0.4, -0.2) is 35.4 Å². The number of nitrogens with one attached hydrogen (secondary N) is 1.